The molecule has 2 heterocycles. The van der Waals surface area contributed by atoms with Gasteiger partial charge in [-0.2, -0.15) is 18.2 Å². The summed E-state index contributed by atoms with van der Waals surface area (Å²) in [7, 11) is 0. The molecule has 2 atom stereocenters. The summed E-state index contributed by atoms with van der Waals surface area (Å²) in [5.74, 6) is -2.76. The summed E-state index contributed by atoms with van der Waals surface area (Å²) >= 11 is 0. The molecule has 1 N–H and O–H groups in total. The first kappa shape index (κ1) is 15.7. The van der Waals surface area contributed by atoms with Crippen LogP contribution in [0.1, 0.15) is 31.5 Å². The molecule has 0 radical (unpaired) electrons. The van der Waals surface area contributed by atoms with Gasteiger partial charge in [0.05, 0.1) is 12.5 Å². The standard InChI is InChI=1S/C12H16F3N3O3/c1-2-9-16-8(17-21-9)6-18-5-3-4-7(12(13,14)15)10(18)11(19)20/h7,10H,2-6H2,1H3,(H,19,20)/t7-,10+/m0/s1. The van der Waals surface area contributed by atoms with Crippen molar-refractivity contribution in [2.45, 2.75) is 44.9 Å². The van der Waals surface area contributed by atoms with Crippen molar-refractivity contribution in [3.63, 3.8) is 0 Å². The maximum Gasteiger partial charge on any atom is 0.393 e. The molecular formula is C12H16F3N3O3. The number of rotatable bonds is 4. The van der Waals surface area contributed by atoms with Crippen molar-refractivity contribution in [2.24, 2.45) is 5.92 Å². The third-order valence-corrected chi connectivity index (χ3v) is 3.57. The number of piperidine rings is 1. The highest BCUT2D eigenvalue weighted by Crippen LogP contribution is 2.38. The Morgan fingerprint density at radius 2 is 2.24 bits per heavy atom. The molecule has 2 rings (SSSR count). The number of halogens is 3. The molecule has 0 unspecified atom stereocenters. The molecule has 0 aromatic carbocycles. The summed E-state index contributed by atoms with van der Waals surface area (Å²) in [5, 5.41) is 12.8. The van der Waals surface area contributed by atoms with Gasteiger partial charge in [0.25, 0.3) is 0 Å². The quantitative estimate of drug-likeness (QED) is 0.914. The maximum atomic E-state index is 13.0. The zero-order valence-electron chi connectivity index (χ0n) is 11.4. The molecule has 9 heteroatoms. The molecule has 0 amide bonds. The lowest BCUT2D eigenvalue weighted by atomic mass is 9.88. The van der Waals surface area contributed by atoms with Crippen LogP contribution in [0, 0.1) is 5.92 Å². The van der Waals surface area contributed by atoms with Crippen molar-refractivity contribution >= 4 is 5.97 Å². The Bertz CT molecular complexity index is 503. The van der Waals surface area contributed by atoms with E-state index >= 15 is 0 Å². The molecule has 1 aromatic heterocycles. The van der Waals surface area contributed by atoms with Crippen molar-refractivity contribution in [3.8, 4) is 0 Å². The van der Waals surface area contributed by atoms with E-state index in [1.54, 1.807) is 6.92 Å². The molecule has 1 aromatic rings. The summed E-state index contributed by atoms with van der Waals surface area (Å²) < 4.78 is 43.8. The molecule has 118 valence electrons. The van der Waals surface area contributed by atoms with E-state index in [0.29, 0.717) is 12.3 Å². The first-order valence-corrected chi connectivity index (χ1v) is 6.68. The summed E-state index contributed by atoms with van der Waals surface area (Å²) in [5.41, 5.74) is 0. The number of likely N-dealkylation sites (tertiary alicyclic amines) is 1. The summed E-state index contributed by atoms with van der Waals surface area (Å²) in [6.07, 6.45) is -3.91. The number of aryl methyl sites for hydroxylation is 1. The van der Waals surface area contributed by atoms with Crippen molar-refractivity contribution in [1.29, 1.82) is 0 Å². The van der Waals surface area contributed by atoms with E-state index in [9.17, 15) is 18.0 Å². The van der Waals surface area contributed by atoms with Crippen LogP contribution in [-0.4, -0.2) is 44.9 Å². The van der Waals surface area contributed by atoms with E-state index < -0.39 is 24.1 Å². The number of hydrogen-bond donors (Lipinski definition) is 1. The zero-order valence-corrected chi connectivity index (χ0v) is 11.4. The summed E-state index contributed by atoms with van der Waals surface area (Å²) in [4.78, 5) is 16.5. The Morgan fingerprint density at radius 1 is 1.52 bits per heavy atom. The van der Waals surface area contributed by atoms with Gasteiger partial charge >= 0.3 is 12.1 Å². The van der Waals surface area contributed by atoms with Gasteiger partial charge in [-0.15, -0.1) is 0 Å². The Labute approximate surface area is 118 Å². The van der Waals surface area contributed by atoms with Gasteiger partial charge < -0.3 is 9.63 Å². The Morgan fingerprint density at radius 3 is 2.76 bits per heavy atom. The van der Waals surface area contributed by atoms with Crippen LogP contribution in [0.3, 0.4) is 0 Å². The molecule has 0 saturated carbocycles. The van der Waals surface area contributed by atoms with Crippen LogP contribution in [-0.2, 0) is 17.8 Å². The van der Waals surface area contributed by atoms with E-state index in [1.807, 2.05) is 0 Å². The average Bonchev–Trinajstić information content (AvgIpc) is 2.85. The highest BCUT2D eigenvalue weighted by molar-refractivity contribution is 5.74. The van der Waals surface area contributed by atoms with Crippen molar-refractivity contribution < 1.29 is 27.6 Å². The van der Waals surface area contributed by atoms with E-state index in [-0.39, 0.29) is 31.8 Å². The highest BCUT2D eigenvalue weighted by Gasteiger charge is 2.51. The Kier molecular flexibility index (Phi) is 4.50. The molecule has 1 saturated heterocycles. The fourth-order valence-electron chi connectivity index (χ4n) is 2.59. The van der Waals surface area contributed by atoms with Crippen molar-refractivity contribution in [1.82, 2.24) is 15.0 Å². The first-order valence-electron chi connectivity index (χ1n) is 6.68. The lowest BCUT2D eigenvalue weighted by Crippen LogP contribution is -2.54. The third kappa shape index (κ3) is 3.52. The zero-order chi connectivity index (χ0) is 15.6. The van der Waals surface area contributed by atoms with Crippen molar-refractivity contribution in [3.05, 3.63) is 11.7 Å². The van der Waals surface area contributed by atoms with Crippen LogP contribution in [0.5, 0.6) is 0 Å². The highest BCUT2D eigenvalue weighted by atomic mass is 19.4. The van der Waals surface area contributed by atoms with Crippen LogP contribution in [0.2, 0.25) is 0 Å². The molecule has 0 spiro atoms. The van der Waals surface area contributed by atoms with Gasteiger partial charge in [-0.3, -0.25) is 9.69 Å². The van der Waals surface area contributed by atoms with E-state index in [1.165, 1.54) is 4.90 Å². The Balaban J connectivity index is 2.18. The predicted molar refractivity (Wildman–Crippen MR) is 64.3 cm³/mol. The third-order valence-electron chi connectivity index (χ3n) is 3.57. The number of aromatic nitrogens is 2. The van der Waals surface area contributed by atoms with Gasteiger partial charge in [-0.25, -0.2) is 0 Å². The van der Waals surface area contributed by atoms with Crippen LogP contribution >= 0.6 is 0 Å². The summed E-state index contributed by atoms with van der Waals surface area (Å²) in [6.45, 7) is 2.00. The van der Waals surface area contributed by atoms with E-state index in [2.05, 4.69) is 10.1 Å². The van der Waals surface area contributed by atoms with Gasteiger partial charge in [0, 0.05) is 6.42 Å². The smallest absolute Gasteiger partial charge is 0.393 e. The number of carboxylic acid groups (broad SMARTS) is 1. The SMILES string of the molecule is CCc1nc(CN2CCC[C@H](C(F)(F)F)[C@@H]2C(=O)O)no1. The second-order valence-corrected chi connectivity index (χ2v) is 5.00. The molecular weight excluding hydrogens is 291 g/mol. The minimum Gasteiger partial charge on any atom is -0.480 e. The molecule has 1 aliphatic rings. The molecule has 6 nitrogen and oxygen atoms in total. The number of aliphatic carboxylic acids is 1. The van der Waals surface area contributed by atoms with Gasteiger partial charge in [-0.1, -0.05) is 12.1 Å². The monoisotopic (exact) mass is 307 g/mol. The van der Waals surface area contributed by atoms with Crippen LogP contribution in [0.25, 0.3) is 0 Å². The van der Waals surface area contributed by atoms with Crippen molar-refractivity contribution in [2.75, 3.05) is 6.54 Å². The summed E-state index contributed by atoms with van der Waals surface area (Å²) in [6, 6.07) is -1.61. The van der Waals surface area contributed by atoms with Crippen LogP contribution < -0.4 is 0 Å². The lowest BCUT2D eigenvalue weighted by molar-refractivity contribution is -0.208. The van der Waals surface area contributed by atoms with Gasteiger partial charge in [0.1, 0.15) is 6.04 Å². The molecule has 0 bridgehead atoms. The Hall–Kier alpha value is -1.64. The van der Waals surface area contributed by atoms with Crippen LogP contribution in [0.15, 0.2) is 4.52 Å². The number of carboxylic acids is 1. The minimum absolute atomic E-state index is 0.0625. The first-order chi connectivity index (χ1) is 9.82. The molecule has 0 aliphatic carbocycles. The van der Waals surface area contributed by atoms with Gasteiger partial charge in [0.15, 0.2) is 5.82 Å². The van der Waals surface area contributed by atoms with E-state index in [0.717, 1.165) is 0 Å². The molecule has 21 heavy (non-hydrogen) atoms. The average molecular weight is 307 g/mol. The largest absolute Gasteiger partial charge is 0.480 e. The fraction of sp³-hybridized carbons (Fsp3) is 0.750. The number of hydrogen-bond acceptors (Lipinski definition) is 5. The van der Waals surface area contributed by atoms with Gasteiger partial charge in [-0.05, 0) is 19.4 Å². The fourth-order valence-corrected chi connectivity index (χ4v) is 2.59. The van der Waals surface area contributed by atoms with Gasteiger partial charge in [0.2, 0.25) is 5.89 Å². The number of nitrogens with zero attached hydrogens (tertiary/aromatic N) is 3. The maximum absolute atomic E-state index is 13.0. The lowest BCUT2D eigenvalue weighted by Gasteiger charge is -2.38. The number of alkyl halides is 3. The molecule has 1 aliphatic heterocycles. The van der Waals surface area contributed by atoms with E-state index in [4.69, 9.17) is 9.63 Å². The minimum atomic E-state index is -4.53. The predicted octanol–water partition coefficient (Wildman–Crippen LogP) is 1.86. The number of carbonyl (C=O) groups is 1. The topological polar surface area (TPSA) is 79.5 Å². The van der Waals surface area contributed by atoms with Crippen LogP contribution in [0.4, 0.5) is 13.2 Å². The second kappa shape index (κ2) is 6.00. The molecule has 1 fully saturated rings. The second-order valence-electron chi connectivity index (χ2n) is 5.00. The normalized spacial score (nSPS) is 24.2.